The van der Waals surface area contributed by atoms with Crippen molar-refractivity contribution in [1.29, 1.82) is 0 Å². The third-order valence-corrected chi connectivity index (χ3v) is 6.87. The van der Waals surface area contributed by atoms with Crippen LogP contribution < -0.4 is 16.6 Å². The van der Waals surface area contributed by atoms with Crippen LogP contribution in [0.3, 0.4) is 0 Å². The molecule has 0 radical (unpaired) electrons. The lowest BCUT2D eigenvalue weighted by molar-refractivity contribution is 0.0941. The molecule has 1 amide bonds. The molecule has 4 heterocycles. The van der Waals surface area contributed by atoms with Gasteiger partial charge in [0.25, 0.3) is 11.5 Å². The van der Waals surface area contributed by atoms with Crippen molar-refractivity contribution >= 4 is 28.1 Å². The highest BCUT2D eigenvalue weighted by Crippen LogP contribution is 2.24. The Balaban J connectivity index is 1.46. The van der Waals surface area contributed by atoms with Gasteiger partial charge in [0, 0.05) is 41.9 Å². The van der Waals surface area contributed by atoms with Crippen LogP contribution in [0.5, 0.6) is 0 Å². The second kappa shape index (κ2) is 10.1. The van der Waals surface area contributed by atoms with E-state index in [9.17, 15) is 9.59 Å². The second-order valence-corrected chi connectivity index (χ2v) is 9.49. The number of ether oxygens (including phenoxy) is 1. The van der Waals surface area contributed by atoms with Crippen LogP contribution in [0.2, 0.25) is 0 Å². The van der Waals surface area contributed by atoms with Crippen molar-refractivity contribution in [3.8, 4) is 17.5 Å². The average Bonchev–Trinajstić information content (AvgIpc) is 3.59. The van der Waals surface area contributed by atoms with Crippen LogP contribution in [-0.2, 0) is 4.74 Å². The normalized spacial score (nSPS) is 15.7. The van der Waals surface area contributed by atoms with Crippen molar-refractivity contribution in [3.05, 3.63) is 100 Å². The minimum Gasteiger partial charge on any atom is -0.381 e. The SMILES string of the molecule is C[C@@H](NC(=O)c1c(N)nn2cccnc12)c1cc2cccc(C#CC3CCOC3)c2c(=O)n1-c1ccccc1. The molecule has 5 aromatic rings. The molecule has 0 aliphatic carbocycles. The summed E-state index contributed by atoms with van der Waals surface area (Å²) in [6.07, 6.45) is 4.14. The zero-order chi connectivity index (χ0) is 26.9. The van der Waals surface area contributed by atoms with Crippen LogP contribution in [0.1, 0.15) is 41.0 Å². The first-order chi connectivity index (χ1) is 19.0. The number of pyridine rings is 1. The Labute approximate surface area is 224 Å². The molecule has 9 nitrogen and oxygen atoms in total. The number of nitrogens with two attached hydrogens (primary N) is 1. The molecule has 3 N–H and O–H groups in total. The maximum absolute atomic E-state index is 14.1. The maximum atomic E-state index is 14.1. The summed E-state index contributed by atoms with van der Waals surface area (Å²) >= 11 is 0. The van der Waals surface area contributed by atoms with E-state index in [1.165, 1.54) is 4.52 Å². The van der Waals surface area contributed by atoms with Gasteiger partial charge in [0.2, 0.25) is 0 Å². The summed E-state index contributed by atoms with van der Waals surface area (Å²) in [5.74, 6) is 6.30. The average molecular weight is 519 g/mol. The summed E-state index contributed by atoms with van der Waals surface area (Å²) in [5, 5.41) is 8.46. The van der Waals surface area contributed by atoms with Gasteiger partial charge in [-0.2, -0.15) is 0 Å². The number of anilines is 1. The summed E-state index contributed by atoms with van der Waals surface area (Å²) < 4.78 is 8.54. The Kier molecular flexibility index (Phi) is 6.31. The van der Waals surface area contributed by atoms with E-state index < -0.39 is 11.9 Å². The van der Waals surface area contributed by atoms with Crippen LogP contribution in [-0.4, -0.2) is 38.3 Å². The molecular weight excluding hydrogens is 492 g/mol. The summed E-state index contributed by atoms with van der Waals surface area (Å²) in [5.41, 5.74) is 8.37. The van der Waals surface area contributed by atoms with Crippen LogP contribution in [0.15, 0.2) is 77.9 Å². The number of carbonyl (C=O) groups excluding carboxylic acids is 1. The van der Waals surface area contributed by atoms with Crippen molar-refractivity contribution < 1.29 is 9.53 Å². The van der Waals surface area contributed by atoms with Crippen molar-refractivity contribution in [2.24, 2.45) is 5.92 Å². The third kappa shape index (κ3) is 4.51. The summed E-state index contributed by atoms with van der Waals surface area (Å²) in [6.45, 7) is 3.15. The van der Waals surface area contributed by atoms with Gasteiger partial charge in [0.1, 0.15) is 5.56 Å². The first-order valence-corrected chi connectivity index (χ1v) is 12.7. The molecule has 194 valence electrons. The molecular formula is C30H26N6O3. The van der Waals surface area contributed by atoms with E-state index in [2.05, 4.69) is 27.2 Å². The van der Waals surface area contributed by atoms with E-state index in [1.807, 2.05) is 61.5 Å². The quantitative estimate of drug-likeness (QED) is 0.352. The monoisotopic (exact) mass is 518 g/mol. The highest BCUT2D eigenvalue weighted by molar-refractivity contribution is 6.04. The van der Waals surface area contributed by atoms with E-state index in [1.54, 1.807) is 23.0 Å². The van der Waals surface area contributed by atoms with E-state index in [4.69, 9.17) is 10.5 Å². The second-order valence-electron chi connectivity index (χ2n) is 9.49. The molecule has 2 atom stereocenters. The number of hydrogen-bond donors (Lipinski definition) is 2. The number of carbonyl (C=O) groups is 1. The number of benzene rings is 2. The number of amides is 1. The largest absolute Gasteiger partial charge is 0.381 e. The smallest absolute Gasteiger partial charge is 0.264 e. The van der Waals surface area contributed by atoms with Crippen molar-refractivity contribution in [2.45, 2.75) is 19.4 Å². The van der Waals surface area contributed by atoms with E-state index in [-0.39, 0.29) is 22.9 Å². The van der Waals surface area contributed by atoms with Gasteiger partial charge >= 0.3 is 0 Å². The number of aromatic nitrogens is 4. The number of para-hydroxylation sites is 1. The first-order valence-electron chi connectivity index (χ1n) is 12.7. The standard InChI is InChI=1S/C30H26N6O3/c1-19(33-29(37)26-27(31)34-35-15-6-14-32-28(26)35)24-17-22-8-5-7-21(12-11-20-13-16-39-18-20)25(22)30(38)36(24)23-9-3-2-4-10-23/h2-10,14-15,17,19-20H,13,16,18H2,1H3,(H2,31,34)(H,33,37)/t19-,20?/m1/s1. The van der Waals surface area contributed by atoms with Crippen LogP contribution in [0.25, 0.3) is 22.1 Å². The highest BCUT2D eigenvalue weighted by Gasteiger charge is 2.24. The van der Waals surface area contributed by atoms with Gasteiger partial charge in [-0.1, -0.05) is 42.2 Å². The van der Waals surface area contributed by atoms with Gasteiger partial charge in [-0.05, 0) is 49.1 Å². The van der Waals surface area contributed by atoms with Crippen LogP contribution in [0, 0.1) is 17.8 Å². The number of nitrogens with zero attached hydrogens (tertiary/aromatic N) is 4. The van der Waals surface area contributed by atoms with E-state index in [0.29, 0.717) is 41.2 Å². The summed E-state index contributed by atoms with van der Waals surface area (Å²) in [6, 6.07) is 18.1. The molecule has 1 aliphatic heterocycles. The third-order valence-electron chi connectivity index (χ3n) is 6.87. The zero-order valence-electron chi connectivity index (χ0n) is 21.3. The number of rotatable bonds is 4. The number of nitrogens with one attached hydrogen (secondary N) is 1. The summed E-state index contributed by atoms with van der Waals surface area (Å²) in [7, 11) is 0. The maximum Gasteiger partial charge on any atom is 0.264 e. The Morgan fingerprint density at radius 2 is 2.03 bits per heavy atom. The van der Waals surface area contributed by atoms with Crippen molar-refractivity contribution in [2.75, 3.05) is 18.9 Å². The Morgan fingerprint density at radius 3 is 2.82 bits per heavy atom. The van der Waals surface area contributed by atoms with Gasteiger partial charge in [0.05, 0.1) is 18.0 Å². The Bertz CT molecular complexity index is 1820. The van der Waals surface area contributed by atoms with E-state index >= 15 is 0 Å². The highest BCUT2D eigenvalue weighted by atomic mass is 16.5. The molecule has 3 aromatic heterocycles. The van der Waals surface area contributed by atoms with Gasteiger partial charge in [-0.15, -0.1) is 5.10 Å². The molecule has 1 aliphatic rings. The lowest BCUT2D eigenvalue weighted by Crippen LogP contribution is -2.32. The lowest BCUT2D eigenvalue weighted by atomic mass is 10.0. The molecule has 0 saturated carbocycles. The van der Waals surface area contributed by atoms with Crippen molar-refractivity contribution in [3.63, 3.8) is 0 Å². The number of fused-ring (bicyclic) bond motifs is 2. The molecule has 9 heteroatoms. The molecule has 6 rings (SSSR count). The fourth-order valence-electron chi connectivity index (χ4n) is 4.94. The first kappa shape index (κ1) is 24.4. The van der Waals surface area contributed by atoms with Gasteiger partial charge in [-0.25, -0.2) is 9.50 Å². The zero-order valence-corrected chi connectivity index (χ0v) is 21.3. The minimum absolute atomic E-state index is 0.0771. The van der Waals surface area contributed by atoms with Gasteiger partial charge < -0.3 is 15.8 Å². The molecule has 1 fully saturated rings. The minimum atomic E-state index is -0.557. The molecule has 1 unspecified atom stereocenters. The van der Waals surface area contributed by atoms with Crippen LogP contribution >= 0.6 is 0 Å². The van der Waals surface area contributed by atoms with Gasteiger partial charge in [0.15, 0.2) is 11.5 Å². The van der Waals surface area contributed by atoms with E-state index in [0.717, 1.165) is 11.8 Å². The Morgan fingerprint density at radius 1 is 1.18 bits per heavy atom. The topological polar surface area (TPSA) is 117 Å². The Hall–Kier alpha value is -4.94. The summed E-state index contributed by atoms with van der Waals surface area (Å²) in [4.78, 5) is 31.8. The molecule has 1 saturated heterocycles. The number of nitrogen functional groups attached to an aromatic ring is 1. The lowest BCUT2D eigenvalue weighted by Gasteiger charge is -2.21. The molecule has 2 aromatic carbocycles. The van der Waals surface area contributed by atoms with Crippen LogP contribution in [0.4, 0.5) is 5.82 Å². The van der Waals surface area contributed by atoms with Crippen molar-refractivity contribution in [1.82, 2.24) is 24.5 Å². The fourth-order valence-corrected chi connectivity index (χ4v) is 4.94. The molecule has 0 spiro atoms. The number of hydrogen-bond acceptors (Lipinski definition) is 6. The fraction of sp³-hybridized carbons (Fsp3) is 0.200. The predicted octanol–water partition coefficient (Wildman–Crippen LogP) is 3.49. The molecule has 39 heavy (non-hydrogen) atoms. The van der Waals surface area contributed by atoms with Gasteiger partial charge in [-0.3, -0.25) is 14.2 Å². The molecule has 0 bridgehead atoms. The predicted molar refractivity (Wildman–Crippen MR) is 149 cm³/mol.